The minimum atomic E-state index is -1.28. The van der Waals surface area contributed by atoms with Crippen molar-refractivity contribution in [1.82, 2.24) is 0 Å². The molecule has 0 fully saturated rings. The molecule has 0 bridgehead atoms. The molecule has 33 heavy (non-hydrogen) atoms. The maximum absolute atomic E-state index is 11.9. The van der Waals surface area contributed by atoms with Crippen molar-refractivity contribution in [3.05, 3.63) is 70.8 Å². The van der Waals surface area contributed by atoms with Crippen LogP contribution >= 0.6 is 0 Å². The van der Waals surface area contributed by atoms with Crippen LogP contribution in [-0.4, -0.2) is 63.2 Å². The Bertz CT molecular complexity index is 1440. The molecule has 0 saturated heterocycles. The molecule has 8 nitrogen and oxygen atoms in total. The van der Waals surface area contributed by atoms with Crippen molar-refractivity contribution < 1.29 is 39.6 Å². The molecule has 0 saturated carbocycles. The van der Waals surface area contributed by atoms with E-state index in [1.807, 2.05) is 0 Å². The van der Waals surface area contributed by atoms with Gasteiger partial charge in [-0.25, -0.2) is 19.2 Å². The second-order valence-corrected chi connectivity index (χ2v) is 7.36. The number of benzene rings is 5. The van der Waals surface area contributed by atoms with Gasteiger partial charge >= 0.3 is 42.7 Å². The van der Waals surface area contributed by atoms with Gasteiger partial charge in [0.25, 0.3) is 0 Å². The molecule has 0 amide bonds. The zero-order valence-electron chi connectivity index (χ0n) is 16.0. The average Bonchev–Trinajstić information content (AvgIpc) is 2.75. The molecular formula is C24H13LiO8. The summed E-state index contributed by atoms with van der Waals surface area (Å²) in [6.45, 7) is 0. The third-order valence-electron chi connectivity index (χ3n) is 5.82. The summed E-state index contributed by atoms with van der Waals surface area (Å²) in [5, 5.41) is 41.7. The van der Waals surface area contributed by atoms with Crippen molar-refractivity contribution >= 4 is 85.8 Å². The predicted molar refractivity (Wildman–Crippen MR) is 123 cm³/mol. The zero-order valence-corrected chi connectivity index (χ0v) is 16.0. The Balaban J connectivity index is 0.00000259. The molecule has 0 aliphatic rings. The third kappa shape index (κ3) is 2.93. The summed E-state index contributed by atoms with van der Waals surface area (Å²) >= 11 is 0. The van der Waals surface area contributed by atoms with Crippen molar-refractivity contribution in [3.63, 3.8) is 0 Å². The van der Waals surface area contributed by atoms with Crippen LogP contribution in [-0.2, 0) is 0 Å². The molecule has 0 aliphatic carbocycles. The van der Waals surface area contributed by atoms with Gasteiger partial charge in [-0.3, -0.25) is 0 Å². The number of carbonyl (C=O) groups is 4. The van der Waals surface area contributed by atoms with E-state index >= 15 is 0 Å². The quantitative estimate of drug-likeness (QED) is 0.188. The van der Waals surface area contributed by atoms with Crippen LogP contribution < -0.4 is 0 Å². The Kier molecular flexibility index (Phi) is 5.01. The first-order chi connectivity index (χ1) is 15.2. The Morgan fingerprint density at radius 3 is 0.788 bits per heavy atom. The van der Waals surface area contributed by atoms with Gasteiger partial charge in [0.1, 0.15) is 0 Å². The first-order valence-electron chi connectivity index (χ1n) is 9.35. The van der Waals surface area contributed by atoms with E-state index < -0.39 is 23.9 Å². The predicted octanol–water partition coefficient (Wildman–Crippen LogP) is 3.88. The van der Waals surface area contributed by atoms with Gasteiger partial charge in [0.05, 0.1) is 22.3 Å². The molecule has 9 heteroatoms. The van der Waals surface area contributed by atoms with Gasteiger partial charge in [-0.15, -0.1) is 0 Å². The van der Waals surface area contributed by atoms with Crippen molar-refractivity contribution in [3.8, 4) is 0 Å². The first kappa shape index (κ1) is 22.1. The van der Waals surface area contributed by atoms with E-state index in [2.05, 4.69) is 0 Å². The molecule has 0 radical (unpaired) electrons. The molecule has 5 aromatic carbocycles. The summed E-state index contributed by atoms with van der Waals surface area (Å²) in [5.74, 6) is -5.13. The molecule has 5 rings (SSSR count). The summed E-state index contributed by atoms with van der Waals surface area (Å²) in [6, 6.07) is 11.4. The van der Waals surface area contributed by atoms with Crippen molar-refractivity contribution in [2.24, 2.45) is 0 Å². The van der Waals surface area contributed by atoms with E-state index in [1.54, 1.807) is 0 Å². The van der Waals surface area contributed by atoms with Gasteiger partial charge in [-0.2, -0.15) is 0 Å². The van der Waals surface area contributed by atoms with E-state index in [0.717, 1.165) is 0 Å². The van der Waals surface area contributed by atoms with Crippen LogP contribution in [0.5, 0.6) is 0 Å². The van der Waals surface area contributed by atoms with Crippen molar-refractivity contribution in [2.45, 2.75) is 0 Å². The van der Waals surface area contributed by atoms with Crippen LogP contribution in [0.1, 0.15) is 41.4 Å². The van der Waals surface area contributed by atoms with Crippen molar-refractivity contribution in [1.29, 1.82) is 0 Å². The van der Waals surface area contributed by atoms with Crippen LogP contribution in [0.4, 0.5) is 0 Å². The molecule has 158 valence electrons. The van der Waals surface area contributed by atoms with Crippen LogP contribution in [0, 0.1) is 0 Å². The summed E-state index contributed by atoms with van der Waals surface area (Å²) in [4.78, 5) is 47.5. The Hall–Kier alpha value is -4.12. The number of fused-ring (bicyclic) bond motifs is 2. The molecule has 5 aromatic rings. The maximum atomic E-state index is 11.9. The molecule has 0 aromatic heterocycles. The van der Waals surface area contributed by atoms with Gasteiger partial charge in [0, 0.05) is 10.8 Å². The fraction of sp³-hybridized carbons (Fsp3) is 0. The number of carboxylic acids is 4. The minimum absolute atomic E-state index is 0. The number of hydrogen-bond donors (Lipinski definition) is 4. The fourth-order valence-electron chi connectivity index (χ4n) is 4.60. The third-order valence-corrected chi connectivity index (χ3v) is 5.82. The monoisotopic (exact) mass is 436 g/mol. The molecule has 0 unspecified atom stereocenters. The van der Waals surface area contributed by atoms with E-state index in [1.165, 1.54) is 48.5 Å². The topological polar surface area (TPSA) is 149 Å². The van der Waals surface area contributed by atoms with E-state index in [0.29, 0.717) is 32.3 Å². The molecule has 0 atom stereocenters. The standard InChI is InChI=1S/C24H12O8.Li.H/c25-21(26)13-5-1-9-10-2-6-15(23(29)30)20-16(24(31)32)8-4-12(18(10)20)11-3-7-14(22(27)28)19(13)17(9)11;;/h1-8H,(H,25,26)(H,27,28)(H,29,30)(H,31,32);;. The van der Waals surface area contributed by atoms with Crippen LogP contribution in [0.2, 0.25) is 0 Å². The second-order valence-electron chi connectivity index (χ2n) is 7.36. The zero-order chi connectivity index (χ0) is 22.9. The van der Waals surface area contributed by atoms with Crippen LogP contribution in [0.15, 0.2) is 48.5 Å². The summed E-state index contributed by atoms with van der Waals surface area (Å²) in [7, 11) is 0. The van der Waals surface area contributed by atoms with Gasteiger partial charge in [-0.1, -0.05) is 24.3 Å². The van der Waals surface area contributed by atoms with E-state index in [-0.39, 0.29) is 51.9 Å². The SMILES string of the molecule is O=C(O)c1ccc2c3ccc(C(=O)O)c4c(C(=O)O)ccc(c5ccc(C(=O)O)c1c25)c43.[LiH]. The average molecular weight is 436 g/mol. The summed E-state index contributed by atoms with van der Waals surface area (Å²) in [6.07, 6.45) is 0. The first-order valence-corrected chi connectivity index (χ1v) is 9.35. The van der Waals surface area contributed by atoms with E-state index in [4.69, 9.17) is 0 Å². The van der Waals surface area contributed by atoms with Crippen molar-refractivity contribution in [2.75, 3.05) is 0 Å². The molecule has 0 heterocycles. The van der Waals surface area contributed by atoms with E-state index in [9.17, 15) is 39.6 Å². The molecule has 0 spiro atoms. The van der Waals surface area contributed by atoms with Gasteiger partial charge in [0.15, 0.2) is 0 Å². The van der Waals surface area contributed by atoms with Gasteiger partial charge in [-0.05, 0) is 56.6 Å². The Morgan fingerprint density at radius 2 is 0.606 bits per heavy atom. The second kappa shape index (κ2) is 7.48. The Labute approximate surface area is 196 Å². The summed E-state index contributed by atoms with van der Waals surface area (Å²) < 4.78 is 0. The summed E-state index contributed by atoms with van der Waals surface area (Å²) in [5.41, 5.74) is -0.696. The normalized spacial score (nSPS) is 11.2. The number of aromatic carboxylic acids is 4. The fourth-order valence-corrected chi connectivity index (χ4v) is 4.60. The molecule has 0 aliphatic heterocycles. The number of hydrogen-bond acceptors (Lipinski definition) is 4. The molecular weight excluding hydrogens is 423 g/mol. The molecule has 4 N–H and O–H groups in total. The van der Waals surface area contributed by atoms with Gasteiger partial charge < -0.3 is 20.4 Å². The Morgan fingerprint density at radius 1 is 0.394 bits per heavy atom. The number of carboxylic acid groups (broad SMARTS) is 4. The van der Waals surface area contributed by atoms with Crippen LogP contribution in [0.3, 0.4) is 0 Å². The number of rotatable bonds is 4. The van der Waals surface area contributed by atoms with Crippen LogP contribution in [0.25, 0.3) is 43.1 Å². The van der Waals surface area contributed by atoms with Gasteiger partial charge in [0.2, 0.25) is 0 Å².